The van der Waals surface area contributed by atoms with Gasteiger partial charge in [-0.2, -0.15) is 0 Å². The van der Waals surface area contributed by atoms with Crippen molar-refractivity contribution in [2.75, 3.05) is 37.9 Å². The average molecular weight is 226 g/mol. The highest BCUT2D eigenvalue weighted by molar-refractivity contribution is 5.61. The Kier molecular flexibility index (Phi) is 4.39. The number of nitrogens with two attached hydrogens (primary N) is 1. The van der Waals surface area contributed by atoms with Crippen LogP contribution < -0.4 is 15.4 Å². The van der Waals surface area contributed by atoms with Gasteiger partial charge in [0.1, 0.15) is 18.5 Å². The predicted octanol–water partition coefficient (Wildman–Crippen LogP) is 0.0668. The Morgan fingerprint density at radius 3 is 2.69 bits per heavy atom. The Morgan fingerprint density at radius 1 is 1.44 bits per heavy atom. The summed E-state index contributed by atoms with van der Waals surface area (Å²) >= 11 is 0. The first-order valence-electron chi connectivity index (χ1n) is 5.03. The summed E-state index contributed by atoms with van der Waals surface area (Å²) in [4.78, 5) is 1.93. The number of hydrogen-bond acceptors (Lipinski definition) is 5. The van der Waals surface area contributed by atoms with Crippen molar-refractivity contribution in [3.63, 3.8) is 0 Å². The zero-order chi connectivity index (χ0) is 12.1. The lowest BCUT2D eigenvalue weighted by molar-refractivity contribution is 0.0538. The van der Waals surface area contributed by atoms with Crippen molar-refractivity contribution in [2.45, 2.75) is 6.10 Å². The van der Waals surface area contributed by atoms with Crippen molar-refractivity contribution < 1.29 is 14.9 Å². The van der Waals surface area contributed by atoms with Gasteiger partial charge in [-0.05, 0) is 12.1 Å². The lowest BCUT2D eigenvalue weighted by atomic mass is 10.2. The monoisotopic (exact) mass is 226 g/mol. The molecule has 0 bridgehead atoms. The molecule has 5 heteroatoms. The van der Waals surface area contributed by atoms with E-state index in [0.717, 1.165) is 5.69 Å². The Balaban J connectivity index is 2.74. The molecule has 0 radical (unpaired) electrons. The molecule has 0 aliphatic heterocycles. The molecular formula is C11H18N2O3. The van der Waals surface area contributed by atoms with E-state index in [4.69, 9.17) is 20.7 Å². The summed E-state index contributed by atoms with van der Waals surface area (Å²) in [6.07, 6.45) is -0.887. The molecule has 0 saturated heterocycles. The molecule has 90 valence electrons. The largest absolute Gasteiger partial charge is 0.489 e. The van der Waals surface area contributed by atoms with E-state index < -0.39 is 6.10 Å². The van der Waals surface area contributed by atoms with Crippen molar-refractivity contribution in [1.29, 1.82) is 0 Å². The lowest BCUT2D eigenvalue weighted by Crippen LogP contribution is -2.21. The molecule has 0 aromatic heterocycles. The fourth-order valence-corrected chi connectivity index (χ4v) is 1.16. The minimum Gasteiger partial charge on any atom is -0.489 e. The van der Waals surface area contributed by atoms with E-state index in [9.17, 15) is 0 Å². The zero-order valence-electron chi connectivity index (χ0n) is 9.55. The minimum absolute atomic E-state index is 0.0254. The molecule has 5 nitrogen and oxygen atoms in total. The lowest BCUT2D eigenvalue weighted by Gasteiger charge is -2.16. The summed E-state index contributed by atoms with van der Waals surface area (Å²) in [6.45, 7) is -0.301. The topological polar surface area (TPSA) is 79.0 Å². The van der Waals surface area contributed by atoms with E-state index in [0.29, 0.717) is 11.4 Å². The molecule has 1 aromatic rings. The fourth-order valence-electron chi connectivity index (χ4n) is 1.16. The van der Waals surface area contributed by atoms with Crippen LogP contribution in [0.4, 0.5) is 11.4 Å². The van der Waals surface area contributed by atoms with Gasteiger partial charge >= 0.3 is 0 Å². The maximum atomic E-state index is 9.16. The molecular weight excluding hydrogens is 208 g/mol. The molecule has 0 heterocycles. The van der Waals surface area contributed by atoms with Crippen LogP contribution in [0.1, 0.15) is 0 Å². The molecule has 0 saturated carbocycles. The van der Waals surface area contributed by atoms with Crippen LogP contribution in [0.15, 0.2) is 18.2 Å². The second-order valence-electron chi connectivity index (χ2n) is 3.76. The van der Waals surface area contributed by atoms with Crippen LogP contribution in [0.3, 0.4) is 0 Å². The van der Waals surface area contributed by atoms with E-state index in [1.807, 2.05) is 25.1 Å². The molecule has 1 aromatic carbocycles. The second kappa shape index (κ2) is 5.58. The fraction of sp³-hybridized carbons (Fsp3) is 0.455. The summed E-state index contributed by atoms with van der Waals surface area (Å²) in [5, 5.41) is 17.8. The van der Waals surface area contributed by atoms with Crippen molar-refractivity contribution in [3.8, 4) is 5.75 Å². The van der Waals surface area contributed by atoms with Gasteiger partial charge in [-0.1, -0.05) is 0 Å². The van der Waals surface area contributed by atoms with Crippen LogP contribution in [-0.2, 0) is 0 Å². The molecule has 16 heavy (non-hydrogen) atoms. The number of benzene rings is 1. The summed E-state index contributed by atoms with van der Waals surface area (Å²) in [5.41, 5.74) is 7.20. The van der Waals surface area contributed by atoms with Gasteiger partial charge in [0.15, 0.2) is 0 Å². The van der Waals surface area contributed by atoms with Crippen molar-refractivity contribution in [1.82, 2.24) is 0 Å². The van der Waals surface area contributed by atoms with Gasteiger partial charge in [0, 0.05) is 25.8 Å². The maximum Gasteiger partial charge on any atom is 0.144 e. The van der Waals surface area contributed by atoms with E-state index in [-0.39, 0.29) is 13.2 Å². The quantitative estimate of drug-likeness (QED) is 0.619. The Hall–Kier alpha value is -1.46. The number of nitrogen functional groups attached to an aromatic ring is 1. The number of anilines is 2. The molecule has 1 rings (SSSR count). The van der Waals surface area contributed by atoms with E-state index in [1.54, 1.807) is 12.1 Å². The van der Waals surface area contributed by atoms with Crippen LogP contribution in [0.2, 0.25) is 0 Å². The standard InChI is InChI=1S/C11H18N2O3/c1-13(2)8-3-4-10(12)11(5-8)16-7-9(15)6-14/h3-5,9,14-15H,6-7,12H2,1-2H3. The van der Waals surface area contributed by atoms with Crippen molar-refractivity contribution in [3.05, 3.63) is 18.2 Å². The molecule has 4 N–H and O–H groups in total. The van der Waals surface area contributed by atoms with E-state index in [1.165, 1.54) is 0 Å². The van der Waals surface area contributed by atoms with E-state index in [2.05, 4.69) is 0 Å². The van der Waals surface area contributed by atoms with Crippen LogP contribution in [-0.4, -0.2) is 43.6 Å². The predicted molar refractivity (Wildman–Crippen MR) is 63.8 cm³/mol. The number of rotatable bonds is 5. The highest BCUT2D eigenvalue weighted by Gasteiger charge is 2.07. The summed E-state index contributed by atoms with van der Waals surface area (Å²) in [5.74, 6) is 0.513. The van der Waals surface area contributed by atoms with Gasteiger partial charge in [0.25, 0.3) is 0 Å². The third kappa shape index (κ3) is 3.29. The van der Waals surface area contributed by atoms with Gasteiger partial charge in [0.05, 0.1) is 12.3 Å². The number of ether oxygens (including phenoxy) is 1. The SMILES string of the molecule is CN(C)c1ccc(N)c(OCC(O)CO)c1. The first-order chi connectivity index (χ1) is 7.54. The molecule has 1 unspecified atom stereocenters. The molecule has 0 fully saturated rings. The number of aliphatic hydroxyl groups is 2. The number of hydrogen-bond donors (Lipinski definition) is 3. The molecule has 0 aliphatic carbocycles. The van der Waals surface area contributed by atoms with Gasteiger partial charge in [0.2, 0.25) is 0 Å². The van der Waals surface area contributed by atoms with Crippen LogP contribution in [0.25, 0.3) is 0 Å². The first kappa shape index (κ1) is 12.6. The molecule has 1 atom stereocenters. The van der Waals surface area contributed by atoms with Crippen molar-refractivity contribution >= 4 is 11.4 Å². The van der Waals surface area contributed by atoms with Gasteiger partial charge < -0.3 is 25.6 Å². The highest BCUT2D eigenvalue weighted by Crippen LogP contribution is 2.26. The second-order valence-corrected chi connectivity index (χ2v) is 3.76. The number of nitrogens with zero attached hydrogens (tertiary/aromatic N) is 1. The van der Waals surface area contributed by atoms with Crippen LogP contribution >= 0.6 is 0 Å². The van der Waals surface area contributed by atoms with Gasteiger partial charge in [-0.25, -0.2) is 0 Å². The summed E-state index contributed by atoms with van der Waals surface area (Å²) in [6, 6.07) is 5.42. The smallest absolute Gasteiger partial charge is 0.144 e. The Bertz CT molecular complexity index is 342. The third-order valence-electron chi connectivity index (χ3n) is 2.16. The normalized spacial score (nSPS) is 12.2. The summed E-state index contributed by atoms with van der Waals surface area (Å²) < 4.78 is 5.32. The zero-order valence-corrected chi connectivity index (χ0v) is 9.55. The van der Waals surface area contributed by atoms with Gasteiger partial charge in [-0.15, -0.1) is 0 Å². The minimum atomic E-state index is -0.887. The number of aliphatic hydroxyl groups excluding tert-OH is 2. The average Bonchev–Trinajstić information content (AvgIpc) is 2.27. The van der Waals surface area contributed by atoms with Crippen molar-refractivity contribution in [2.24, 2.45) is 0 Å². The highest BCUT2D eigenvalue weighted by atomic mass is 16.5. The van der Waals surface area contributed by atoms with E-state index >= 15 is 0 Å². The Labute approximate surface area is 95.1 Å². The molecule has 0 amide bonds. The van der Waals surface area contributed by atoms with Gasteiger partial charge in [-0.3, -0.25) is 0 Å². The van der Waals surface area contributed by atoms with Crippen LogP contribution in [0.5, 0.6) is 5.75 Å². The first-order valence-corrected chi connectivity index (χ1v) is 5.03. The van der Waals surface area contributed by atoms with Crippen LogP contribution in [0, 0.1) is 0 Å². The molecule has 0 aliphatic rings. The summed E-state index contributed by atoms with van der Waals surface area (Å²) in [7, 11) is 3.83. The molecule has 0 spiro atoms. The third-order valence-corrected chi connectivity index (χ3v) is 2.16. The Morgan fingerprint density at radius 2 is 2.12 bits per heavy atom. The maximum absolute atomic E-state index is 9.16.